The van der Waals surface area contributed by atoms with Crippen molar-refractivity contribution in [2.45, 2.75) is 19.3 Å². The van der Waals surface area contributed by atoms with E-state index in [1.807, 2.05) is 0 Å². The molecule has 0 atom stereocenters. The third kappa shape index (κ3) is 2.71. The Bertz CT molecular complexity index is 332. The van der Waals surface area contributed by atoms with Crippen molar-refractivity contribution >= 4 is 17.6 Å². The molecule has 1 aromatic heterocycles. The monoisotopic (exact) mass is 208 g/mol. The Morgan fingerprint density at radius 1 is 1.50 bits per heavy atom. The van der Waals surface area contributed by atoms with Gasteiger partial charge in [-0.2, -0.15) is 5.10 Å². The molecular weight excluding hydrogens is 198 g/mol. The molecule has 0 aromatic carbocycles. The molecule has 1 N–H and O–H groups in total. The zero-order chi connectivity index (χ0) is 10.1. The van der Waals surface area contributed by atoms with Gasteiger partial charge in [-0.15, -0.1) is 5.10 Å². The van der Waals surface area contributed by atoms with E-state index in [1.165, 1.54) is 6.07 Å². The van der Waals surface area contributed by atoms with Crippen LogP contribution in [0.3, 0.4) is 0 Å². The number of aromatic nitrogens is 2. The van der Waals surface area contributed by atoms with Gasteiger partial charge in [0, 0.05) is 0 Å². The predicted molar refractivity (Wildman–Crippen MR) is 48.8 cm³/mol. The second-order valence-electron chi connectivity index (χ2n) is 3.17. The first-order valence-corrected chi connectivity index (χ1v) is 4.05. The second-order valence-corrected chi connectivity index (χ2v) is 3.56. The summed E-state index contributed by atoms with van der Waals surface area (Å²) >= 11 is 5.52. The number of hydrogen-bond acceptors (Lipinski definition) is 3. The van der Waals surface area contributed by atoms with Gasteiger partial charge in [-0.05, 0) is 26.0 Å². The second kappa shape index (κ2) is 4.79. The summed E-state index contributed by atoms with van der Waals surface area (Å²) in [4.78, 5) is 10.8. The Kier molecular flexibility index (Phi) is 4.59. The Morgan fingerprint density at radius 2 is 2.07 bits per heavy atom. The van der Waals surface area contributed by atoms with Crippen LogP contribution in [0.25, 0.3) is 0 Å². The molecule has 4 nitrogen and oxygen atoms in total. The minimum absolute atomic E-state index is 0. The van der Waals surface area contributed by atoms with Crippen LogP contribution in [0.1, 0.15) is 21.0 Å². The standard InChI is InChI=1S/C8H9ClN2O2.Li.H/c1-8(2,7(12)13)5-3-4-6(9)11-10-5;;/h3-4H,1-2H3,(H,12,13);;/q;+1;-1. The van der Waals surface area contributed by atoms with Crippen LogP contribution in [0, 0.1) is 0 Å². The van der Waals surface area contributed by atoms with E-state index in [2.05, 4.69) is 10.2 Å². The van der Waals surface area contributed by atoms with Crippen LogP contribution in [0.5, 0.6) is 0 Å². The molecule has 14 heavy (non-hydrogen) atoms. The molecule has 1 heterocycles. The van der Waals surface area contributed by atoms with Crippen LogP contribution in [-0.4, -0.2) is 21.3 Å². The maximum atomic E-state index is 10.8. The van der Waals surface area contributed by atoms with Crippen LogP contribution in [0.2, 0.25) is 5.15 Å². The summed E-state index contributed by atoms with van der Waals surface area (Å²) in [6, 6.07) is 3.08. The maximum Gasteiger partial charge on any atom is 1.00 e. The molecule has 0 bridgehead atoms. The molecule has 72 valence electrons. The van der Waals surface area contributed by atoms with Crippen LogP contribution >= 0.6 is 11.6 Å². The normalized spacial score (nSPS) is 10.5. The largest absolute Gasteiger partial charge is 1.00 e. The maximum absolute atomic E-state index is 10.8. The molecule has 0 amide bonds. The third-order valence-corrected chi connectivity index (χ3v) is 2.01. The Labute approximate surface area is 100 Å². The third-order valence-electron chi connectivity index (χ3n) is 1.81. The van der Waals surface area contributed by atoms with E-state index in [9.17, 15) is 4.79 Å². The Balaban J connectivity index is 0. The minimum atomic E-state index is -1.03. The minimum Gasteiger partial charge on any atom is -1.00 e. The summed E-state index contributed by atoms with van der Waals surface area (Å²) in [5.41, 5.74) is -0.637. The van der Waals surface area contributed by atoms with E-state index >= 15 is 0 Å². The zero-order valence-corrected chi connectivity index (χ0v) is 9.04. The van der Waals surface area contributed by atoms with Crippen LogP contribution in [0.15, 0.2) is 12.1 Å². The Morgan fingerprint density at radius 3 is 2.43 bits per heavy atom. The van der Waals surface area contributed by atoms with Gasteiger partial charge in [0.2, 0.25) is 0 Å². The molecule has 0 radical (unpaired) electrons. The van der Waals surface area contributed by atoms with Crippen molar-refractivity contribution in [3.8, 4) is 0 Å². The summed E-state index contributed by atoms with van der Waals surface area (Å²) in [6.07, 6.45) is 0. The van der Waals surface area contributed by atoms with E-state index in [-0.39, 0.29) is 25.4 Å². The number of carboxylic acid groups (broad SMARTS) is 1. The van der Waals surface area contributed by atoms with Crippen molar-refractivity contribution in [1.82, 2.24) is 10.2 Å². The molecule has 0 saturated heterocycles. The molecule has 0 saturated carbocycles. The van der Waals surface area contributed by atoms with Crippen molar-refractivity contribution in [2.24, 2.45) is 0 Å². The van der Waals surface area contributed by atoms with Gasteiger partial charge in [0.1, 0.15) is 5.41 Å². The first-order chi connectivity index (χ1) is 5.94. The first kappa shape index (κ1) is 13.4. The number of hydrogen-bond donors (Lipinski definition) is 1. The van der Waals surface area contributed by atoms with Gasteiger partial charge in [0.15, 0.2) is 5.15 Å². The molecule has 0 aliphatic carbocycles. The average molecular weight is 209 g/mol. The number of rotatable bonds is 2. The fourth-order valence-corrected chi connectivity index (χ4v) is 0.860. The molecule has 0 unspecified atom stereocenters. The average Bonchev–Trinajstić information content (AvgIpc) is 2.04. The first-order valence-electron chi connectivity index (χ1n) is 3.67. The smallest absolute Gasteiger partial charge is 1.00 e. The molecule has 0 aliphatic rings. The van der Waals surface area contributed by atoms with Crippen molar-refractivity contribution in [3.63, 3.8) is 0 Å². The molecule has 0 aliphatic heterocycles. The number of halogens is 1. The number of carbonyl (C=O) groups is 1. The van der Waals surface area contributed by atoms with Crippen molar-refractivity contribution < 1.29 is 30.2 Å². The summed E-state index contributed by atoms with van der Waals surface area (Å²) in [6.45, 7) is 3.13. The van der Waals surface area contributed by atoms with Crippen LogP contribution < -0.4 is 18.9 Å². The van der Waals surface area contributed by atoms with E-state index < -0.39 is 11.4 Å². The summed E-state index contributed by atoms with van der Waals surface area (Å²) in [7, 11) is 0. The fraction of sp³-hybridized carbons (Fsp3) is 0.375. The summed E-state index contributed by atoms with van der Waals surface area (Å²) in [5, 5.41) is 16.4. The zero-order valence-electron chi connectivity index (χ0n) is 9.28. The molecule has 1 rings (SSSR count). The van der Waals surface area contributed by atoms with Gasteiger partial charge >= 0.3 is 24.8 Å². The number of aliphatic carboxylic acids is 1. The van der Waals surface area contributed by atoms with Crippen molar-refractivity contribution in [2.75, 3.05) is 0 Å². The molecule has 6 heteroatoms. The topological polar surface area (TPSA) is 63.1 Å². The predicted octanol–water partition coefficient (Wildman–Crippen LogP) is -1.39. The van der Waals surface area contributed by atoms with E-state index in [4.69, 9.17) is 16.7 Å². The number of carboxylic acids is 1. The Hall–Kier alpha value is -0.563. The quantitative estimate of drug-likeness (QED) is 0.608. The van der Waals surface area contributed by atoms with Crippen molar-refractivity contribution in [1.29, 1.82) is 0 Å². The van der Waals surface area contributed by atoms with E-state index in [0.717, 1.165) is 0 Å². The van der Waals surface area contributed by atoms with Crippen molar-refractivity contribution in [3.05, 3.63) is 23.0 Å². The molecule has 0 fully saturated rings. The summed E-state index contributed by atoms with van der Waals surface area (Å²) in [5.74, 6) is -0.941. The molecule has 1 aromatic rings. The SMILES string of the molecule is CC(C)(C(=O)O)c1ccc(Cl)nn1.[H-].[Li+]. The van der Waals surface area contributed by atoms with Gasteiger partial charge in [-0.25, -0.2) is 0 Å². The number of nitrogens with zero attached hydrogens (tertiary/aromatic N) is 2. The van der Waals surface area contributed by atoms with Gasteiger partial charge in [0.25, 0.3) is 0 Å². The fourth-order valence-electron chi connectivity index (χ4n) is 0.759. The van der Waals surface area contributed by atoms with E-state index in [1.54, 1.807) is 19.9 Å². The van der Waals surface area contributed by atoms with Gasteiger partial charge in [-0.3, -0.25) is 4.79 Å². The summed E-state index contributed by atoms with van der Waals surface area (Å²) < 4.78 is 0. The molecular formula is C8H10ClLiN2O2. The van der Waals surface area contributed by atoms with E-state index in [0.29, 0.717) is 5.69 Å². The van der Waals surface area contributed by atoms with Crippen LogP contribution in [-0.2, 0) is 10.2 Å². The van der Waals surface area contributed by atoms with Gasteiger partial charge in [0.05, 0.1) is 5.69 Å². The van der Waals surface area contributed by atoms with Crippen LogP contribution in [0.4, 0.5) is 0 Å². The van der Waals surface area contributed by atoms with Gasteiger partial charge in [-0.1, -0.05) is 11.6 Å². The molecule has 0 spiro atoms. The van der Waals surface area contributed by atoms with Gasteiger partial charge < -0.3 is 6.53 Å².